The number of hydrogen-bond acceptors (Lipinski definition) is 5. The van der Waals surface area contributed by atoms with Crippen molar-refractivity contribution >= 4 is 29.0 Å². The Kier molecular flexibility index (Phi) is 3.86. The quantitative estimate of drug-likeness (QED) is 0.771. The highest BCUT2D eigenvalue weighted by atomic mass is 35.5. The number of aromatic nitrogens is 2. The molecule has 7 heteroatoms. The molecule has 1 saturated heterocycles. The lowest BCUT2D eigenvalue weighted by atomic mass is 9.96. The zero-order chi connectivity index (χ0) is 13.1. The number of nitrogens with zero attached hydrogens (tertiary/aromatic N) is 3. The molecule has 0 aliphatic carbocycles. The molecular formula is C11H16ClN5O. The Labute approximate surface area is 111 Å². The van der Waals surface area contributed by atoms with E-state index in [-0.39, 0.29) is 17.1 Å². The average Bonchev–Trinajstić information content (AvgIpc) is 2.41. The fraction of sp³-hybridized carbons (Fsp3) is 0.545. The molecule has 0 spiro atoms. The third-order valence-electron chi connectivity index (χ3n) is 3.18. The molecule has 1 aliphatic rings. The monoisotopic (exact) mass is 269 g/mol. The zero-order valence-electron chi connectivity index (χ0n) is 10.2. The molecule has 6 nitrogen and oxygen atoms in total. The van der Waals surface area contributed by atoms with Crippen molar-refractivity contribution in [3.63, 3.8) is 0 Å². The standard InChI is InChI=1S/C11H16ClN5O/c1-14-10(18)7-2-4-17(5-3-7)9-8(13)6-15-11(12)16-9/h6-7H,2-5,13H2,1H3,(H,14,18). The number of nitrogens with two attached hydrogens (primary N) is 1. The number of amides is 1. The van der Waals surface area contributed by atoms with Crippen molar-refractivity contribution in [3.8, 4) is 0 Å². The minimum absolute atomic E-state index is 0.0739. The van der Waals surface area contributed by atoms with E-state index in [0.717, 1.165) is 25.9 Å². The van der Waals surface area contributed by atoms with Gasteiger partial charge in [0.15, 0.2) is 5.82 Å². The maximum atomic E-state index is 11.5. The molecule has 1 aliphatic heterocycles. The summed E-state index contributed by atoms with van der Waals surface area (Å²) in [6, 6.07) is 0. The van der Waals surface area contributed by atoms with Crippen LogP contribution in [0.5, 0.6) is 0 Å². The van der Waals surface area contributed by atoms with E-state index in [2.05, 4.69) is 15.3 Å². The zero-order valence-corrected chi connectivity index (χ0v) is 10.9. The van der Waals surface area contributed by atoms with Gasteiger partial charge in [0.1, 0.15) is 0 Å². The SMILES string of the molecule is CNC(=O)C1CCN(c2nc(Cl)ncc2N)CC1. The number of anilines is 2. The number of rotatable bonds is 2. The number of hydrogen-bond donors (Lipinski definition) is 2. The maximum Gasteiger partial charge on any atom is 0.224 e. The van der Waals surface area contributed by atoms with E-state index in [1.54, 1.807) is 7.05 Å². The Bertz CT molecular complexity index is 445. The molecule has 0 atom stereocenters. The first kappa shape index (κ1) is 12.9. The van der Waals surface area contributed by atoms with Crippen molar-refractivity contribution in [1.82, 2.24) is 15.3 Å². The van der Waals surface area contributed by atoms with Gasteiger partial charge < -0.3 is 16.0 Å². The van der Waals surface area contributed by atoms with Crippen LogP contribution in [-0.4, -0.2) is 36.0 Å². The Balaban J connectivity index is 2.05. The molecule has 18 heavy (non-hydrogen) atoms. The van der Waals surface area contributed by atoms with Crippen LogP contribution >= 0.6 is 11.6 Å². The number of piperidine rings is 1. The predicted molar refractivity (Wildman–Crippen MR) is 70.5 cm³/mol. The van der Waals surface area contributed by atoms with Crippen LogP contribution in [0.4, 0.5) is 11.5 Å². The van der Waals surface area contributed by atoms with Gasteiger partial charge in [-0.15, -0.1) is 0 Å². The Morgan fingerprint density at radius 1 is 1.56 bits per heavy atom. The molecule has 1 aromatic heterocycles. The number of halogens is 1. The van der Waals surface area contributed by atoms with Gasteiger partial charge in [-0.3, -0.25) is 4.79 Å². The van der Waals surface area contributed by atoms with E-state index in [1.807, 2.05) is 4.90 Å². The first-order valence-corrected chi connectivity index (χ1v) is 6.24. The lowest BCUT2D eigenvalue weighted by molar-refractivity contribution is -0.125. The fourth-order valence-electron chi connectivity index (χ4n) is 2.17. The molecule has 0 aromatic carbocycles. The highest BCUT2D eigenvalue weighted by molar-refractivity contribution is 6.28. The van der Waals surface area contributed by atoms with Gasteiger partial charge in [-0.05, 0) is 24.4 Å². The van der Waals surface area contributed by atoms with Gasteiger partial charge in [-0.25, -0.2) is 4.98 Å². The second-order valence-electron chi connectivity index (χ2n) is 4.29. The molecule has 1 amide bonds. The molecule has 98 valence electrons. The summed E-state index contributed by atoms with van der Waals surface area (Å²) in [5, 5.41) is 2.87. The van der Waals surface area contributed by atoms with Gasteiger partial charge in [0, 0.05) is 26.1 Å². The van der Waals surface area contributed by atoms with Crippen molar-refractivity contribution < 1.29 is 4.79 Å². The van der Waals surface area contributed by atoms with Crippen LogP contribution in [0, 0.1) is 5.92 Å². The van der Waals surface area contributed by atoms with Gasteiger partial charge >= 0.3 is 0 Å². The minimum atomic E-state index is 0.0739. The van der Waals surface area contributed by atoms with Crippen molar-refractivity contribution in [2.75, 3.05) is 30.8 Å². The first-order chi connectivity index (χ1) is 8.61. The van der Waals surface area contributed by atoms with Crippen LogP contribution in [0.2, 0.25) is 5.28 Å². The minimum Gasteiger partial charge on any atom is -0.394 e. The van der Waals surface area contributed by atoms with E-state index in [0.29, 0.717) is 11.5 Å². The van der Waals surface area contributed by atoms with E-state index in [4.69, 9.17) is 17.3 Å². The summed E-state index contributed by atoms with van der Waals surface area (Å²) in [6.45, 7) is 1.49. The topological polar surface area (TPSA) is 84.1 Å². The molecule has 0 bridgehead atoms. The molecule has 0 saturated carbocycles. The van der Waals surface area contributed by atoms with Gasteiger partial charge in [0.25, 0.3) is 0 Å². The van der Waals surface area contributed by atoms with E-state index >= 15 is 0 Å². The number of carbonyl (C=O) groups excluding carboxylic acids is 1. The number of nitrogens with one attached hydrogen (secondary N) is 1. The number of carbonyl (C=O) groups is 1. The first-order valence-electron chi connectivity index (χ1n) is 5.86. The van der Waals surface area contributed by atoms with Crippen molar-refractivity contribution in [2.45, 2.75) is 12.8 Å². The summed E-state index contributed by atoms with van der Waals surface area (Å²) >= 11 is 5.77. The van der Waals surface area contributed by atoms with Crippen LogP contribution in [0.15, 0.2) is 6.20 Å². The molecule has 0 radical (unpaired) electrons. The third-order valence-corrected chi connectivity index (χ3v) is 3.36. The Hall–Kier alpha value is -1.56. The van der Waals surface area contributed by atoms with Crippen molar-refractivity contribution in [2.24, 2.45) is 5.92 Å². The van der Waals surface area contributed by atoms with E-state index < -0.39 is 0 Å². The largest absolute Gasteiger partial charge is 0.394 e. The van der Waals surface area contributed by atoms with Gasteiger partial charge in [0.05, 0.1) is 11.9 Å². The average molecular weight is 270 g/mol. The molecule has 1 aromatic rings. The lowest BCUT2D eigenvalue weighted by Gasteiger charge is -2.32. The second kappa shape index (κ2) is 5.39. The molecule has 3 N–H and O–H groups in total. The Morgan fingerprint density at radius 2 is 2.22 bits per heavy atom. The van der Waals surface area contributed by atoms with Gasteiger partial charge in [-0.1, -0.05) is 0 Å². The van der Waals surface area contributed by atoms with Crippen molar-refractivity contribution in [3.05, 3.63) is 11.5 Å². The van der Waals surface area contributed by atoms with Crippen LogP contribution in [0.1, 0.15) is 12.8 Å². The summed E-state index contributed by atoms with van der Waals surface area (Å²) < 4.78 is 0. The summed E-state index contributed by atoms with van der Waals surface area (Å²) in [7, 11) is 1.66. The smallest absolute Gasteiger partial charge is 0.224 e. The summed E-state index contributed by atoms with van der Waals surface area (Å²) in [6.07, 6.45) is 3.09. The molecule has 1 fully saturated rings. The lowest BCUT2D eigenvalue weighted by Crippen LogP contribution is -2.40. The second-order valence-corrected chi connectivity index (χ2v) is 4.63. The fourth-order valence-corrected chi connectivity index (χ4v) is 2.30. The van der Waals surface area contributed by atoms with Gasteiger partial charge in [0.2, 0.25) is 11.2 Å². The highest BCUT2D eigenvalue weighted by Crippen LogP contribution is 2.26. The van der Waals surface area contributed by atoms with E-state index in [1.165, 1.54) is 6.20 Å². The molecule has 2 rings (SSSR count). The van der Waals surface area contributed by atoms with Gasteiger partial charge in [-0.2, -0.15) is 4.98 Å². The third kappa shape index (κ3) is 2.64. The van der Waals surface area contributed by atoms with Crippen LogP contribution in [0.25, 0.3) is 0 Å². The predicted octanol–water partition coefficient (Wildman–Crippen LogP) is 0.675. The summed E-state index contributed by atoms with van der Waals surface area (Å²) in [5.41, 5.74) is 6.35. The van der Waals surface area contributed by atoms with Crippen molar-refractivity contribution in [1.29, 1.82) is 0 Å². The molecular weight excluding hydrogens is 254 g/mol. The highest BCUT2D eigenvalue weighted by Gasteiger charge is 2.25. The summed E-state index contributed by atoms with van der Waals surface area (Å²) in [4.78, 5) is 21.5. The van der Waals surface area contributed by atoms with Crippen LogP contribution in [0.3, 0.4) is 0 Å². The molecule has 2 heterocycles. The van der Waals surface area contributed by atoms with Crippen LogP contribution in [-0.2, 0) is 4.79 Å². The Morgan fingerprint density at radius 3 is 2.83 bits per heavy atom. The van der Waals surface area contributed by atoms with Crippen LogP contribution < -0.4 is 16.0 Å². The summed E-state index contributed by atoms with van der Waals surface area (Å²) in [5.74, 6) is 0.832. The maximum absolute atomic E-state index is 11.5. The van der Waals surface area contributed by atoms with E-state index in [9.17, 15) is 4.79 Å². The normalized spacial score (nSPS) is 16.7. The molecule has 0 unspecified atom stereocenters. The number of nitrogen functional groups attached to an aromatic ring is 1.